The van der Waals surface area contributed by atoms with Gasteiger partial charge in [-0.1, -0.05) is 0 Å². The van der Waals surface area contributed by atoms with Crippen LogP contribution in [0.15, 0.2) is 22.8 Å². The fourth-order valence-corrected chi connectivity index (χ4v) is 1.24. The van der Waals surface area contributed by atoms with Gasteiger partial charge in [-0.05, 0) is 41.9 Å². The molecule has 0 saturated carbocycles. The van der Waals surface area contributed by atoms with Crippen LogP contribution in [0.2, 0.25) is 0 Å². The number of halogens is 1. The van der Waals surface area contributed by atoms with E-state index in [0.29, 0.717) is 5.82 Å². The number of urea groups is 1. The van der Waals surface area contributed by atoms with E-state index in [9.17, 15) is 4.79 Å². The molecule has 4 nitrogen and oxygen atoms in total. The van der Waals surface area contributed by atoms with E-state index in [4.69, 9.17) is 0 Å². The molecule has 5 heteroatoms. The molecule has 76 valence electrons. The fourth-order valence-electron chi connectivity index (χ4n) is 0.883. The van der Waals surface area contributed by atoms with Crippen molar-refractivity contribution in [3.8, 4) is 0 Å². The number of rotatable bonds is 2. The predicted octanol–water partition coefficient (Wildman–Crippen LogP) is 2.37. The normalized spacial score (nSPS) is 10.0. The second kappa shape index (κ2) is 4.95. The van der Waals surface area contributed by atoms with Gasteiger partial charge in [0.2, 0.25) is 0 Å². The molecule has 0 spiro atoms. The highest BCUT2D eigenvalue weighted by Gasteiger charge is 2.05. The number of amides is 2. The molecule has 0 aromatic carbocycles. The van der Waals surface area contributed by atoms with Gasteiger partial charge < -0.3 is 5.32 Å². The second-order valence-corrected chi connectivity index (χ2v) is 3.94. The van der Waals surface area contributed by atoms with Crippen molar-refractivity contribution in [1.82, 2.24) is 10.3 Å². The Morgan fingerprint density at radius 3 is 2.86 bits per heavy atom. The standard InChI is InChI=1S/C9H12BrN3O/c1-6(2)12-9(14)13-8-7(10)4-3-5-11-8/h3-6H,1-2H3,(H2,11,12,13,14). The molecule has 0 bridgehead atoms. The van der Waals surface area contributed by atoms with Crippen LogP contribution in [-0.2, 0) is 0 Å². The van der Waals surface area contributed by atoms with Crippen LogP contribution in [0.3, 0.4) is 0 Å². The molecular weight excluding hydrogens is 246 g/mol. The van der Waals surface area contributed by atoms with E-state index >= 15 is 0 Å². The summed E-state index contributed by atoms with van der Waals surface area (Å²) in [6, 6.07) is 3.46. The van der Waals surface area contributed by atoms with Gasteiger partial charge in [-0.15, -0.1) is 0 Å². The molecule has 1 aromatic rings. The van der Waals surface area contributed by atoms with Gasteiger partial charge in [-0.3, -0.25) is 5.32 Å². The van der Waals surface area contributed by atoms with E-state index in [1.165, 1.54) is 0 Å². The van der Waals surface area contributed by atoms with Gasteiger partial charge in [0.05, 0.1) is 4.47 Å². The summed E-state index contributed by atoms with van der Waals surface area (Å²) in [7, 11) is 0. The van der Waals surface area contributed by atoms with Crippen molar-refractivity contribution in [2.45, 2.75) is 19.9 Å². The van der Waals surface area contributed by atoms with Crippen molar-refractivity contribution >= 4 is 27.8 Å². The smallest absolute Gasteiger partial charge is 0.320 e. The molecule has 0 aliphatic heterocycles. The first-order valence-electron chi connectivity index (χ1n) is 4.27. The summed E-state index contributed by atoms with van der Waals surface area (Å²) in [4.78, 5) is 15.3. The molecule has 0 saturated heterocycles. The SMILES string of the molecule is CC(C)NC(=O)Nc1ncccc1Br. The maximum atomic E-state index is 11.3. The topological polar surface area (TPSA) is 54.0 Å². The van der Waals surface area contributed by atoms with E-state index in [0.717, 1.165) is 4.47 Å². The molecule has 0 atom stereocenters. The summed E-state index contributed by atoms with van der Waals surface area (Å²) >= 11 is 3.29. The number of hydrogen-bond acceptors (Lipinski definition) is 2. The van der Waals surface area contributed by atoms with Crippen LogP contribution < -0.4 is 10.6 Å². The molecule has 0 aliphatic rings. The predicted molar refractivity (Wildman–Crippen MR) is 59.2 cm³/mol. The molecule has 2 N–H and O–H groups in total. The van der Waals surface area contributed by atoms with Crippen LogP contribution >= 0.6 is 15.9 Å². The summed E-state index contributed by atoms with van der Waals surface area (Å²) in [5.74, 6) is 0.519. The van der Waals surface area contributed by atoms with Crippen molar-refractivity contribution in [2.75, 3.05) is 5.32 Å². The Hall–Kier alpha value is -1.10. The number of pyridine rings is 1. The summed E-state index contributed by atoms with van der Waals surface area (Å²) in [6.45, 7) is 3.79. The highest BCUT2D eigenvalue weighted by Crippen LogP contribution is 2.17. The second-order valence-electron chi connectivity index (χ2n) is 3.09. The quantitative estimate of drug-likeness (QED) is 0.855. The van der Waals surface area contributed by atoms with Gasteiger partial charge in [0.15, 0.2) is 0 Å². The van der Waals surface area contributed by atoms with Crippen LogP contribution in [0.1, 0.15) is 13.8 Å². The van der Waals surface area contributed by atoms with Crippen LogP contribution in [-0.4, -0.2) is 17.1 Å². The molecule has 14 heavy (non-hydrogen) atoms. The third-order valence-corrected chi connectivity index (χ3v) is 2.05. The molecule has 0 radical (unpaired) electrons. The maximum absolute atomic E-state index is 11.3. The van der Waals surface area contributed by atoms with E-state index in [-0.39, 0.29) is 12.1 Å². The van der Waals surface area contributed by atoms with Crippen LogP contribution in [0.5, 0.6) is 0 Å². The molecule has 0 fully saturated rings. The summed E-state index contributed by atoms with van der Waals surface area (Å²) in [5.41, 5.74) is 0. The Kier molecular flexibility index (Phi) is 3.88. The van der Waals surface area contributed by atoms with Crippen molar-refractivity contribution in [2.24, 2.45) is 0 Å². The van der Waals surface area contributed by atoms with Crippen LogP contribution in [0, 0.1) is 0 Å². The maximum Gasteiger partial charge on any atom is 0.320 e. The van der Waals surface area contributed by atoms with E-state index in [1.54, 1.807) is 12.3 Å². The monoisotopic (exact) mass is 257 g/mol. The lowest BCUT2D eigenvalue weighted by Crippen LogP contribution is -2.34. The zero-order chi connectivity index (χ0) is 10.6. The lowest BCUT2D eigenvalue weighted by Gasteiger charge is -2.09. The minimum absolute atomic E-state index is 0.109. The Balaban J connectivity index is 2.61. The summed E-state index contributed by atoms with van der Waals surface area (Å²) in [6.07, 6.45) is 1.62. The lowest BCUT2D eigenvalue weighted by molar-refractivity contribution is 0.250. The number of nitrogens with zero attached hydrogens (tertiary/aromatic N) is 1. The van der Waals surface area contributed by atoms with Crippen LogP contribution in [0.4, 0.5) is 10.6 Å². The Morgan fingerprint density at radius 1 is 1.57 bits per heavy atom. The van der Waals surface area contributed by atoms with Gasteiger partial charge in [-0.25, -0.2) is 9.78 Å². The molecule has 1 heterocycles. The Morgan fingerprint density at radius 2 is 2.29 bits per heavy atom. The van der Waals surface area contributed by atoms with Crippen molar-refractivity contribution < 1.29 is 4.79 Å². The summed E-state index contributed by atoms with van der Waals surface area (Å²) in [5, 5.41) is 5.34. The lowest BCUT2D eigenvalue weighted by atomic mass is 10.4. The summed E-state index contributed by atoms with van der Waals surface area (Å²) < 4.78 is 0.763. The number of aromatic nitrogens is 1. The van der Waals surface area contributed by atoms with Gasteiger partial charge in [-0.2, -0.15) is 0 Å². The Bertz CT molecular complexity index is 328. The van der Waals surface area contributed by atoms with Crippen LogP contribution in [0.25, 0.3) is 0 Å². The zero-order valence-electron chi connectivity index (χ0n) is 8.04. The molecular formula is C9H12BrN3O. The van der Waals surface area contributed by atoms with Crippen molar-refractivity contribution in [3.05, 3.63) is 22.8 Å². The molecule has 0 aliphatic carbocycles. The number of anilines is 1. The fraction of sp³-hybridized carbons (Fsp3) is 0.333. The van der Waals surface area contributed by atoms with E-state index in [2.05, 4.69) is 31.5 Å². The highest BCUT2D eigenvalue weighted by atomic mass is 79.9. The first-order valence-corrected chi connectivity index (χ1v) is 5.07. The number of nitrogens with one attached hydrogen (secondary N) is 2. The van der Waals surface area contributed by atoms with Gasteiger partial charge in [0.1, 0.15) is 5.82 Å². The third kappa shape index (κ3) is 3.33. The molecule has 0 unspecified atom stereocenters. The number of hydrogen-bond donors (Lipinski definition) is 2. The van der Waals surface area contributed by atoms with E-state index < -0.39 is 0 Å². The average Bonchev–Trinajstić information content (AvgIpc) is 2.07. The first-order chi connectivity index (χ1) is 6.59. The molecule has 1 aromatic heterocycles. The zero-order valence-corrected chi connectivity index (χ0v) is 9.63. The molecule has 2 amide bonds. The van der Waals surface area contributed by atoms with Gasteiger partial charge >= 0.3 is 6.03 Å². The highest BCUT2D eigenvalue weighted by molar-refractivity contribution is 9.10. The Labute approximate surface area is 91.2 Å². The van der Waals surface area contributed by atoms with E-state index in [1.807, 2.05) is 19.9 Å². The largest absolute Gasteiger partial charge is 0.336 e. The van der Waals surface area contributed by atoms with Crippen molar-refractivity contribution in [1.29, 1.82) is 0 Å². The molecule has 1 rings (SSSR count). The van der Waals surface area contributed by atoms with Gasteiger partial charge in [0.25, 0.3) is 0 Å². The minimum Gasteiger partial charge on any atom is -0.336 e. The van der Waals surface area contributed by atoms with Gasteiger partial charge in [0, 0.05) is 12.2 Å². The minimum atomic E-state index is -0.251. The third-order valence-electron chi connectivity index (χ3n) is 1.41. The number of carbonyl (C=O) groups is 1. The average molecular weight is 258 g/mol. The first kappa shape index (κ1) is 11.0. The van der Waals surface area contributed by atoms with Crippen molar-refractivity contribution in [3.63, 3.8) is 0 Å². The number of carbonyl (C=O) groups excluding carboxylic acids is 1.